The predicted octanol–water partition coefficient (Wildman–Crippen LogP) is 2.93. The van der Waals surface area contributed by atoms with Crippen LogP contribution in [0.5, 0.6) is 0 Å². The molecule has 0 saturated carbocycles. The molecule has 5 nitrogen and oxygen atoms in total. The van der Waals surface area contributed by atoms with Gasteiger partial charge in [-0.25, -0.2) is 18.4 Å². The highest BCUT2D eigenvalue weighted by Crippen LogP contribution is 2.31. The van der Waals surface area contributed by atoms with Crippen LogP contribution in [0, 0.1) is 13.8 Å². The minimum Gasteiger partial charge on any atom is -0.365 e. The van der Waals surface area contributed by atoms with E-state index in [0.717, 1.165) is 21.6 Å². The Morgan fingerprint density at radius 2 is 1.95 bits per heavy atom. The predicted molar refractivity (Wildman–Crippen MR) is 88.9 cm³/mol. The first kappa shape index (κ1) is 16.2. The van der Waals surface area contributed by atoms with Crippen LogP contribution in [0.25, 0.3) is 10.2 Å². The van der Waals surface area contributed by atoms with E-state index in [-0.39, 0.29) is 11.3 Å². The van der Waals surface area contributed by atoms with Gasteiger partial charge in [0.25, 0.3) is 0 Å². The molecule has 0 aliphatic rings. The first-order chi connectivity index (χ1) is 9.57. The van der Waals surface area contributed by atoms with Crippen LogP contribution >= 0.6 is 11.3 Å². The molecule has 2 aromatic heterocycles. The lowest BCUT2D eigenvalue weighted by atomic mass is 10.0. The number of sulfone groups is 1. The third-order valence-corrected chi connectivity index (χ3v) is 5.22. The monoisotopic (exact) mass is 327 g/mol. The highest BCUT2D eigenvalue weighted by molar-refractivity contribution is 7.90. The molecule has 2 aromatic rings. The largest absolute Gasteiger partial charge is 0.365 e. The van der Waals surface area contributed by atoms with Gasteiger partial charge in [0.15, 0.2) is 0 Å². The summed E-state index contributed by atoms with van der Waals surface area (Å²) in [5.74, 6) is 1.66. The van der Waals surface area contributed by atoms with Gasteiger partial charge in [-0.15, -0.1) is 11.3 Å². The second-order valence-electron chi connectivity index (χ2n) is 6.11. The van der Waals surface area contributed by atoms with Gasteiger partial charge in [-0.05, 0) is 45.1 Å². The lowest BCUT2D eigenvalue weighted by molar-refractivity contribution is 0.534. The maximum atomic E-state index is 11.4. The van der Waals surface area contributed by atoms with E-state index in [4.69, 9.17) is 0 Å². The number of hydrogen-bond donors (Lipinski definition) is 1. The van der Waals surface area contributed by atoms with Gasteiger partial charge < -0.3 is 5.32 Å². The first-order valence-electron chi connectivity index (χ1n) is 6.76. The van der Waals surface area contributed by atoms with Gasteiger partial charge in [0.05, 0.1) is 11.1 Å². The van der Waals surface area contributed by atoms with Crippen molar-refractivity contribution in [2.45, 2.75) is 39.7 Å². The van der Waals surface area contributed by atoms with Crippen LogP contribution in [0.15, 0.2) is 5.38 Å². The van der Waals surface area contributed by atoms with Crippen LogP contribution in [0.4, 0.5) is 5.82 Å². The van der Waals surface area contributed by atoms with E-state index in [0.29, 0.717) is 12.2 Å². The molecule has 0 spiro atoms. The Kier molecular flexibility index (Phi) is 4.26. The average Bonchev–Trinajstić information content (AvgIpc) is 2.67. The number of nitrogens with one attached hydrogen (secondary N) is 1. The number of anilines is 1. The first-order valence-corrected chi connectivity index (χ1v) is 9.70. The van der Waals surface area contributed by atoms with Crippen LogP contribution in [0.2, 0.25) is 0 Å². The van der Waals surface area contributed by atoms with E-state index in [1.165, 1.54) is 6.26 Å². The van der Waals surface area contributed by atoms with E-state index in [1.54, 1.807) is 11.3 Å². The molecule has 0 aromatic carbocycles. The quantitative estimate of drug-likeness (QED) is 0.914. The van der Waals surface area contributed by atoms with Crippen molar-refractivity contribution in [1.29, 1.82) is 0 Å². The zero-order valence-electron chi connectivity index (χ0n) is 13.0. The molecule has 0 radical (unpaired) electrons. The summed E-state index contributed by atoms with van der Waals surface area (Å²) in [7, 11) is -2.97. The summed E-state index contributed by atoms with van der Waals surface area (Å²) in [6, 6.07) is 0. The maximum absolute atomic E-state index is 11.4. The SMILES string of the molecule is Cc1nc(NC(C)(C)CCS(C)(=O)=O)c2c(C)csc2n1. The molecule has 7 heteroatoms. The van der Waals surface area contributed by atoms with Crippen LogP contribution < -0.4 is 5.32 Å². The van der Waals surface area contributed by atoms with E-state index in [9.17, 15) is 8.42 Å². The third kappa shape index (κ3) is 4.14. The van der Waals surface area contributed by atoms with Crippen LogP contribution in [0.1, 0.15) is 31.7 Å². The Bertz CT molecular complexity index is 764. The second kappa shape index (κ2) is 5.53. The van der Waals surface area contributed by atoms with E-state index < -0.39 is 9.84 Å². The second-order valence-corrected chi connectivity index (χ2v) is 9.22. The Hall–Kier alpha value is -1.21. The zero-order chi connectivity index (χ0) is 15.8. The number of nitrogens with zero attached hydrogens (tertiary/aromatic N) is 2. The van der Waals surface area contributed by atoms with Crippen molar-refractivity contribution in [3.05, 3.63) is 16.8 Å². The van der Waals surface area contributed by atoms with E-state index >= 15 is 0 Å². The lowest BCUT2D eigenvalue weighted by Crippen LogP contribution is -2.33. The molecule has 0 aliphatic carbocycles. The summed E-state index contributed by atoms with van der Waals surface area (Å²) in [4.78, 5) is 9.90. The fourth-order valence-electron chi connectivity index (χ4n) is 2.10. The molecule has 0 atom stereocenters. The molecule has 2 heterocycles. The van der Waals surface area contributed by atoms with Crippen molar-refractivity contribution < 1.29 is 8.42 Å². The van der Waals surface area contributed by atoms with Crippen molar-refractivity contribution in [2.75, 3.05) is 17.3 Å². The molecule has 21 heavy (non-hydrogen) atoms. The van der Waals surface area contributed by atoms with Crippen LogP contribution in [0.3, 0.4) is 0 Å². The van der Waals surface area contributed by atoms with E-state index in [2.05, 4.69) is 20.7 Å². The Balaban J connectivity index is 2.32. The van der Waals surface area contributed by atoms with E-state index in [1.807, 2.05) is 27.7 Å². The van der Waals surface area contributed by atoms with Crippen molar-refractivity contribution in [3.63, 3.8) is 0 Å². The summed E-state index contributed by atoms with van der Waals surface area (Å²) in [5.41, 5.74) is 0.780. The average molecular weight is 327 g/mol. The Morgan fingerprint density at radius 1 is 1.29 bits per heavy atom. The van der Waals surface area contributed by atoms with Gasteiger partial charge in [-0.3, -0.25) is 0 Å². The topological polar surface area (TPSA) is 72.0 Å². The molecule has 0 amide bonds. The number of aromatic nitrogens is 2. The molecule has 2 rings (SSSR count). The van der Waals surface area contributed by atoms with Crippen molar-refractivity contribution in [3.8, 4) is 0 Å². The number of thiophene rings is 1. The fourth-order valence-corrected chi connectivity index (χ4v) is 3.95. The van der Waals surface area contributed by atoms with Gasteiger partial charge in [-0.2, -0.15) is 0 Å². The molecule has 1 N–H and O–H groups in total. The number of aryl methyl sites for hydroxylation is 2. The minimum atomic E-state index is -2.97. The van der Waals surface area contributed by atoms with Crippen LogP contribution in [-0.2, 0) is 9.84 Å². The zero-order valence-corrected chi connectivity index (χ0v) is 14.7. The minimum absolute atomic E-state index is 0.156. The summed E-state index contributed by atoms with van der Waals surface area (Å²) < 4.78 is 22.7. The normalized spacial score (nSPS) is 12.8. The van der Waals surface area contributed by atoms with Gasteiger partial charge in [0.1, 0.15) is 26.3 Å². The molecular formula is C14H21N3O2S2. The number of fused-ring (bicyclic) bond motifs is 1. The number of rotatable bonds is 5. The Morgan fingerprint density at radius 3 is 2.57 bits per heavy atom. The van der Waals surface area contributed by atoms with Gasteiger partial charge in [0.2, 0.25) is 0 Å². The molecular weight excluding hydrogens is 306 g/mol. The maximum Gasteiger partial charge on any atom is 0.147 e. The van der Waals surface area contributed by atoms with Gasteiger partial charge in [-0.1, -0.05) is 0 Å². The molecule has 0 bridgehead atoms. The number of hydrogen-bond acceptors (Lipinski definition) is 6. The fraction of sp³-hybridized carbons (Fsp3) is 0.571. The summed E-state index contributed by atoms with van der Waals surface area (Å²) in [6.07, 6.45) is 1.79. The molecule has 0 saturated heterocycles. The molecule has 0 unspecified atom stereocenters. The molecule has 116 valence electrons. The van der Waals surface area contributed by atoms with Crippen molar-refractivity contribution in [1.82, 2.24) is 9.97 Å². The van der Waals surface area contributed by atoms with Crippen LogP contribution in [-0.4, -0.2) is 35.9 Å². The summed E-state index contributed by atoms with van der Waals surface area (Å²) in [5, 5.41) is 6.48. The van der Waals surface area contributed by atoms with Gasteiger partial charge >= 0.3 is 0 Å². The van der Waals surface area contributed by atoms with Gasteiger partial charge in [0, 0.05) is 11.8 Å². The highest BCUT2D eigenvalue weighted by atomic mass is 32.2. The standard InChI is InChI=1S/C14H21N3O2S2/c1-9-8-20-13-11(9)12(15-10(2)16-13)17-14(3,4)6-7-21(5,18)19/h8H,6-7H2,1-5H3,(H,15,16,17). The third-order valence-electron chi connectivity index (χ3n) is 3.28. The lowest BCUT2D eigenvalue weighted by Gasteiger charge is -2.27. The van der Waals surface area contributed by atoms with Crippen molar-refractivity contribution >= 4 is 37.2 Å². The van der Waals surface area contributed by atoms with Crippen molar-refractivity contribution in [2.24, 2.45) is 0 Å². The summed E-state index contributed by atoms with van der Waals surface area (Å²) in [6.45, 7) is 7.88. The smallest absolute Gasteiger partial charge is 0.147 e. The summed E-state index contributed by atoms with van der Waals surface area (Å²) >= 11 is 1.60. The highest BCUT2D eigenvalue weighted by Gasteiger charge is 2.22. The Labute approximate surface area is 129 Å². The molecule has 0 aliphatic heterocycles. The molecule has 0 fully saturated rings.